The molecule has 0 saturated carbocycles. The van der Waals surface area contributed by atoms with E-state index in [4.69, 9.17) is 16.3 Å². The zero-order valence-electron chi connectivity index (χ0n) is 14.0. The van der Waals surface area contributed by atoms with Crippen molar-refractivity contribution in [1.29, 1.82) is 0 Å². The van der Waals surface area contributed by atoms with Crippen LogP contribution in [0.4, 0.5) is 0 Å². The molecule has 0 aliphatic heterocycles. The second-order valence-corrected chi connectivity index (χ2v) is 6.00. The SMILES string of the molecule is COc1cccc(-c2c(C)c3c(=O)n(-c4ncccn4)ncn3c2Cl)c1. The Labute approximate surface area is 153 Å². The number of hydrogen-bond acceptors (Lipinski definition) is 5. The minimum Gasteiger partial charge on any atom is -0.497 e. The van der Waals surface area contributed by atoms with Gasteiger partial charge in [-0.1, -0.05) is 23.7 Å². The maximum atomic E-state index is 13.0. The molecule has 1 aromatic carbocycles. The van der Waals surface area contributed by atoms with E-state index in [1.54, 1.807) is 30.0 Å². The van der Waals surface area contributed by atoms with Gasteiger partial charge >= 0.3 is 0 Å². The Balaban J connectivity index is 2.00. The zero-order valence-corrected chi connectivity index (χ0v) is 14.8. The van der Waals surface area contributed by atoms with Crippen molar-refractivity contribution in [2.24, 2.45) is 0 Å². The molecule has 0 unspecified atom stereocenters. The van der Waals surface area contributed by atoms with Crippen LogP contribution < -0.4 is 10.3 Å². The largest absolute Gasteiger partial charge is 0.497 e. The highest BCUT2D eigenvalue weighted by Gasteiger charge is 2.20. The maximum Gasteiger partial charge on any atom is 0.298 e. The Morgan fingerprint density at radius 2 is 1.92 bits per heavy atom. The first-order valence-electron chi connectivity index (χ1n) is 7.82. The van der Waals surface area contributed by atoms with E-state index >= 15 is 0 Å². The molecule has 0 N–H and O–H groups in total. The number of methoxy groups -OCH3 is 1. The van der Waals surface area contributed by atoms with Gasteiger partial charge in [0.1, 0.15) is 22.7 Å². The highest BCUT2D eigenvalue weighted by atomic mass is 35.5. The van der Waals surface area contributed by atoms with Gasteiger partial charge in [0.2, 0.25) is 0 Å². The first-order chi connectivity index (χ1) is 12.6. The molecule has 4 rings (SSSR count). The van der Waals surface area contributed by atoms with Crippen molar-refractivity contribution in [2.75, 3.05) is 7.11 Å². The summed E-state index contributed by atoms with van der Waals surface area (Å²) in [5.41, 5.74) is 2.46. The standard InChI is InChI=1S/C18H14ClN5O2/c1-11-14(12-5-3-6-13(9-12)26-2)16(19)23-10-22-24(17(25)15(11)23)18-20-7-4-8-21-18/h3-10H,1-2H3. The molecule has 7 nitrogen and oxygen atoms in total. The first kappa shape index (κ1) is 16.3. The summed E-state index contributed by atoms with van der Waals surface area (Å²) in [6.45, 7) is 1.85. The number of rotatable bonds is 3. The van der Waals surface area contributed by atoms with E-state index < -0.39 is 0 Å². The molecule has 26 heavy (non-hydrogen) atoms. The minimum atomic E-state index is -0.341. The van der Waals surface area contributed by atoms with E-state index in [0.29, 0.717) is 16.4 Å². The van der Waals surface area contributed by atoms with Gasteiger partial charge in [-0.2, -0.15) is 9.78 Å². The highest BCUT2D eigenvalue weighted by Crippen LogP contribution is 2.35. The van der Waals surface area contributed by atoms with Gasteiger partial charge in [-0.15, -0.1) is 0 Å². The molecular weight excluding hydrogens is 354 g/mol. The number of benzene rings is 1. The summed E-state index contributed by atoms with van der Waals surface area (Å²) in [6.07, 6.45) is 4.60. The maximum absolute atomic E-state index is 13.0. The predicted molar refractivity (Wildman–Crippen MR) is 98.1 cm³/mol. The van der Waals surface area contributed by atoms with Gasteiger partial charge in [0, 0.05) is 18.0 Å². The van der Waals surface area contributed by atoms with Crippen LogP contribution in [-0.2, 0) is 0 Å². The summed E-state index contributed by atoms with van der Waals surface area (Å²) in [4.78, 5) is 21.2. The lowest BCUT2D eigenvalue weighted by molar-refractivity contribution is 0.415. The molecule has 0 bridgehead atoms. The van der Waals surface area contributed by atoms with Crippen molar-refractivity contribution in [3.8, 4) is 22.8 Å². The molecule has 3 heterocycles. The van der Waals surface area contributed by atoms with Gasteiger partial charge in [0.15, 0.2) is 0 Å². The van der Waals surface area contributed by atoms with Crippen LogP contribution in [0.15, 0.2) is 53.8 Å². The van der Waals surface area contributed by atoms with Crippen LogP contribution in [0, 0.1) is 6.92 Å². The smallest absolute Gasteiger partial charge is 0.298 e. The molecule has 0 amide bonds. The van der Waals surface area contributed by atoms with Crippen LogP contribution >= 0.6 is 11.6 Å². The fourth-order valence-corrected chi connectivity index (χ4v) is 3.34. The Morgan fingerprint density at radius 3 is 2.65 bits per heavy atom. The van der Waals surface area contributed by atoms with Crippen molar-refractivity contribution < 1.29 is 4.74 Å². The number of ether oxygens (including phenoxy) is 1. The van der Waals surface area contributed by atoms with Crippen molar-refractivity contribution in [2.45, 2.75) is 6.92 Å². The van der Waals surface area contributed by atoms with E-state index in [1.807, 2.05) is 31.2 Å². The number of aryl methyl sites for hydroxylation is 1. The molecule has 4 aromatic rings. The Hall–Kier alpha value is -3.19. The van der Waals surface area contributed by atoms with Gasteiger partial charge in [-0.05, 0) is 36.2 Å². The zero-order chi connectivity index (χ0) is 18.3. The summed E-state index contributed by atoms with van der Waals surface area (Å²) in [6, 6.07) is 9.19. The Morgan fingerprint density at radius 1 is 1.15 bits per heavy atom. The molecule has 0 aliphatic rings. The fraction of sp³-hybridized carbons (Fsp3) is 0.111. The van der Waals surface area contributed by atoms with E-state index in [0.717, 1.165) is 21.4 Å². The van der Waals surface area contributed by atoms with Crippen LogP contribution in [0.25, 0.3) is 22.6 Å². The molecular formula is C18H14ClN5O2. The van der Waals surface area contributed by atoms with Crippen molar-refractivity contribution >= 4 is 17.1 Å². The fourth-order valence-electron chi connectivity index (χ4n) is 2.96. The van der Waals surface area contributed by atoms with E-state index in [-0.39, 0.29) is 11.5 Å². The average Bonchev–Trinajstić information content (AvgIpc) is 2.94. The molecule has 8 heteroatoms. The monoisotopic (exact) mass is 367 g/mol. The predicted octanol–water partition coefficient (Wildman–Crippen LogP) is 2.91. The summed E-state index contributed by atoms with van der Waals surface area (Å²) in [7, 11) is 1.60. The Kier molecular flexibility index (Phi) is 3.93. The van der Waals surface area contributed by atoms with Gasteiger partial charge in [-0.25, -0.2) is 9.97 Å². The lowest BCUT2D eigenvalue weighted by Gasteiger charge is -2.04. The normalized spacial score (nSPS) is 11.0. The van der Waals surface area contributed by atoms with Gasteiger partial charge < -0.3 is 4.74 Å². The second-order valence-electron chi connectivity index (χ2n) is 5.64. The number of aromatic nitrogens is 5. The third-order valence-electron chi connectivity index (χ3n) is 4.17. The molecule has 0 spiro atoms. The number of halogens is 1. The van der Waals surface area contributed by atoms with E-state index in [1.165, 1.54) is 6.33 Å². The first-order valence-corrected chi connectivity index (χ1v) is 8.20. The lowest BCUT2D eigenvalue weighted by atomic mass is 10.0. The molecule has 0 saturated heterocycles. The van der Waals surface area contributed by atoms with Gasteiger partial charge in [-0.3, -0.25) is 9.20 Å². The van der Waals surface area contributed by atoms with Crippen LogP contribution in [0.2, 0.25) is 5.15 Å². The van der Waals surface area contributed by atoms with Crippen LogP contribution in [0.1, 0.15) is 5.56 Å². The van der Waals surface area contributed by atoms with Crippen molar-refractivity contribution in [1.82, 2.24) is 24.1 Å². The molecule has 130 valence electrons. The second kappa shape index (κ2) is 6.27. The van der Waals surface area contributed by atoms with Crippen molar-refractivity contribution in [3.05, 3.63) is 70.1 Å². The average molecular weight is 368 g/mol. The summed E-state index contributed by atoms with van der Waals surface area (Å²) < 4.78 is 8.02. The van der Waals surface area contributed by atoms with Gasteiger partial charge in [0.05, 0.1) is 7.11 Å². The van der Waals surface area contributed by atoms with Crippen LogP contribution in [-0.4, -0.2) is 31.3 Å². The quantitative estimate of drug-likeness (QED) is 0.556. The van der Waals surface area contributed by atoms with E-state index in [9.17, 15) is 4.79 Å². The molecule has 0 radical (unpaired) electrons. The Bertz CT molecular complexity index is 1170. The molecule has 3 aromatic heterocycles. The summed E-state index contributed by atoms with van der Waals surface area (Å²) >= 11 is 6.57. The van der Waals surface area contributed by atoms with Crippen molar-refractivity contribution in [3.63, 3.8) is 0 Å². The van der Waals surface area contributed by atoms with Crippen LogP contribution in [0.5, 0.6) is 5.75 Å². The third-order valence-corrected chi connectivity index (χ3v) is 4.54. The molecule has 0 aliphatic carbocycles. The number of fused-ring (bicyclic) bond motifs is 1. The minimum absolute atomic E-state index is 0.208. The number of nitrogens with zero attached hydrogens (tertiary/aromatic N) is 5. The third kappa shape index (κ3) is 2.44. The van der Waals surface area contributed by atoms with Gasteiger partial charge in [0.25, 0.3) is 11.5 Å². The summed E-state index contributed by atoms with van der Waals surface area (Å²) in [5.74, 6) is 0.918. The topological polar surface area (TPSA) is 74.3 Å². The lowest BCUT2D eigenvalue weighted by Crippen LogP contribution is -2.24. The van der Waals surface area contributed by atoms with E-state index in [2.05, 4.69) is 15.1 Å². The summed E-state index contributed by atoms with van der Waals surface area (Å²) in [5, 5.41) is 4.57. The molecule has 0 fully saturated rings. The highest BCUT2D eigenvalue weighted by molar-refractivity contribution is 6.33. The number of hydrogen-bond donors (Lipinski definition) is 0. The molecule has 0 atom stereocenters. The van der Waals surface area contributed by atoms with Crippen LogP contribution in [0.3, 0.4) is 0 Å².